The Labute approximate surface area is 118 Å². The zero-order valence-electron chi connectivity index (χ0n) is 9.72. The summed E-state index contributed by atoms with van der Waals surface area (Å²) >= 11 is 7.33. The maximum atomic E-state index is 11.9. The maximum Gasteiger partial charge on any atom is 0.339 e. The molecule has 1 aliphatic heterocycles. The summed E-state index contributed by atoms with van der Waals surface area (Å²) in [5.74, 6) is -0.251. The molecule has 0 atom stereocenters. The van der Waals surface area contributed by atoms with Gasteiger partial charge >= 0.3 is 5.97 Å². The minimum atomic E-state index is -0.370. The molecule has 1 aliphatic rings. The smallest absolute Gasteiger partial charge is 0.339 e. The SMILES string of the molecule is O=C1OCC(c2ccc(Cl)s2)=C1c1cccc(O)c1. The van der Waals surface area contributed by atoms with E-state index in [2.05, 4.69) is 0 Å². The van der Waals surface area contributed by atoms with E-state index in [-0.39, 0.29) is 18.3 Å². The summed E-state index contributed by atoms with van der Waals surface area (Å²) in [4.78, 5) is 12.8. The van der Waals surface area contributed by atoms with Crippen molar-refractivity contribution in [1.82, 2.24) is 0 Å². The number of phenols is 1. The van der Waals surface area contributed by atoms with E-state index in [1.807, 2.05) is 6.07 Å². The highest BCUT2D eigenvalue weighted by molar-refractivity contribution is 7.17. The van der Waals surface area contributed by atoms with Gasteiger partial charge in [-0.2, -0.15) is 0 Å². The number of hydrogen-bond donors (Lipinski definition) is 1. The molecule has 0 unspecified atom stereocenters. The van der Waals surface area contributed by atoms with Crippen molar-refractivity contribution in [3.8, 4) is 5.75 Å². The number of aromatic hydroxyl groups is 1. The van der Waals surface area contributed by atoms with Crippen LogP contribution in [-0.4, -0.2) is 17.7 Å². The summed E-state index contributed by atoms with van der Waals surface area (Å²) in [5.41, 5.74) is 1.96. The molecule has 0 amide bonds. The number of cyclic esters (lactones) is 1. The molecular formula is C14H9ClO3S. The van der Waals surface area contributed by atoms with E-state index < -0.39 is 0 Å². The van der Waals surface area contributed by atoms with Crippen molar-refractivity contribution < 1.29 is 14.6 Å². The Bertz CT molecular complexity index is 688. The Morgan fingerprint density at radius 3 is 2.79 bits per heavy atom. The van der Waals surface area contributed by atoms with Crippen molar-refractivity contribution in [2.24, 2.45) is 0 Å². The average Bonchev–Trinajstić information content (AvgIpc) is 2.95. The predicted molar refractivity (Wildman–Crippen MR) is 75.2 cm³/mol. The lowest BCUT2D eigenvalue weighted by atomic mass is 10.0. The van der Waals surface area contributed by atoms with Gasteiger partial charge in [0.15, 0.2) is 0 Å². The zero-order valence-corrected chi connectivity index (χ0v) is 11.3. The molecule has 96 valence electrons. The Balaban J connectivity index is 2.16. The quantitative estimate of drug-likeness (QED) is 0.861. The highest BCUT2D eigenvalue weighted by Gasteiger charge is 2.28. The number of thiophene rings is 1. The fraction of sp³-hybridized carbons (Fsp3) is 0.0714. The van der Waals surface area contributed by atoms with E-state index in [9.17, 15) is 9.90 Å². The van der Waals surface area contributed by atoms with E-state index in [0.29, 0.717) is 15.5 Å². The van der Waals surface area contributed by atoms with Gasteiger partial charge in [0.2, 0.25) is 0 Å². The van der Waals surface area contributed by atoms with E-state index in [1.54, 1.807) is 30.3 Å². The lowest BCUT2D eigenvalue weighted by molar-refractivity contribution is -0.133. The number of halogens is 1. The maximum absolute atomic E-state index is 11.9. The molecule has 0 radical (unpaired) electrons. The largest absolute Gasteiger partial charge is 0.508 e. The van der Waals surface area contributed by atoms with Crippen LogP contribution in [-0.2, 0) is 9.53 Å². The summed E-state index contributed by atoms with van der Waals surface area (Å²) in [7, 11) is 0. The second-order valence-electron chi connectivity index (χ2n) is 4.08. The molecule has 1 N–H and O–H groups in total. The Kier molecular flexibility index (Phi) is 3.05. The molecule has 3 nitrogen and oxygen atoms in total. The third-order valence-electron chi connectivity index (χ3n) is 2.86. The second kappa shape index (κ2) is 4.72. The summed E-state index contributed by atoms with van der Waals surface area (Å²) in [6, 6.07) is 10.2. The summed E-state index contributed by atoms with van der Waals surface area (Å²) in [6.07, 6.45) is 0. The summed E-state index contributed by atoms with van der Waals surface area (Å²) in [6.45, 7) is 0.237. The molecular weight excluding hydrogens is 284 g/mol. The van der Waals surface area contributed by atoms with E-state index >= 15 is 0 Å². The first-order valence-electron chi connectivity index (χ1n) is 5.60. The predicted octanol–water partition coefficient (Wildman–Crippen LogP) is 3.57. The van der Waals surface area contributed by atoms with Crippen LogP contribution < -0.4 is 0 Å². The monoisotopic (exact) mass is 292 g/mol. The molecule has 0 saturated carbocycles. The van der Waals surface area contributed by atoms with E-state index in [0.717, 1.165) is 10.5 Å². The van der Waals surface area contributed by atoms with Gasteiger partial charge in [0, 0.05) is 10.5 Å². The molecule has 2 aromatic rings. The van der Waals surface area contributed by atoms with E-state index in [1.165, 1.54) is 11.3 Å². The van der Waals surface area contributed by atoms with Crippen molar-refractivity contribution in [2.75, 3.05) is 6.61 Å². The number of hydrogen-bond acceptors (Lipinski definition) is 4. The standard InChI is InChI=1S/C14H9ClO3S/c15-12-5-4-11(19-12)10-7-18-14(17)13(10)8-2-1-3-9(16)6-8/h1-6,16H,7H2. The molecule has 0 spiro atoms. The molecule has 19 heavy (non-hydrogen) atoms. The third kappa shape index (κ3) is 2.25. The minimum Gasteiger partial charge on any atom is -0.508 e. The summed E-state index contributed by atoms with van der Waals surface area (Å²) < 4.78 is 5.77. The number of benzene rings is 1. The van der Waals surface area contributed by atoms with Gasteiger partial charge in [-0.15, -0.1) is 11.3 Å². The van der Waals surface area contributed by atoms with Crippen molar-refractivity contribution in [3.05, 3.63) is 51.2 Å². The number of phenolic OH excluding ortho intramolecular Hbond substituents is 1. The first-order valence-corrected chi connectivity index (χ1v) is 6.80. The van der Waals surface area contributed by atoms with Gasteiger partial charge < -0.3 is 9.84 Å². The Morgan fingerprint density at radius 1 is 1.26 bits per heavy atom. The van der Waals surface area contributed by atoms with E-state index in [4.69, 9.17) is 16.3 Å². The van der Waals surface area contributed by atoms with Crippen molar-refractivity contribution in [2.45, 2.75) is 0 Å². The van der Waals surface area contributed by atoms with Crippen molar-refractivity contribution >= 4 is 40.1 Å². The van der Waals surface area contributed by atoms with Crippen LogP contribution in [0.4, 0.5) is 0 Å². The van der Waals surface area contributed by atoms with Gasteiger partial charge in [-0.1, -0.05) is 23.7 Å². The van der Waals surface area contributed by atoms with Gasteiger partial charge in [0.25, 0.3) is 0 Å². The first kappa shape index (κ1) is 12.3. The highest BCUT2D eigenvalue weighted by Crippen LogP contribution is 2.37. The molecule has 0 aliphatic carbocycles. The van der Waals surface area contributed by atoms with Crippen molar-refractivity contribution in [3.63, 3.8) is 0 Å². The van der Waals surface area contributed by atoms with Crippen LogP contribution in [0, 0.1) is 0 Å². The molecule has 3 rings (SSSR count). The van der Waals surface area contributed by atoms with Crippen LogP contribution in [0.25, 0.3) is 11.1 Å². The average molecular weight is 293 g/mol. The van der Waals surface area contributed by atoms with Crippen molar-refractivity contribution in [1.29, 1.82) is 0 Å². The molecule has 5 heteroatoms. The lowest BCUT2D eigenvalue weighted by Gasteiger charge is -2.02. The molecule has 2 heterocycles. The number of esters is 1. The third-order valence-corrected chi connectivity index (χ3v) is 4.15. The van der Waals surface area contributed by atoms with Crippen LogP contribution in [0.5, 0.6) is 5.75 Å². The van der Waals surface area contributed by atoms with Gasteiger partial charge in [-0.05, 0) is 29.8 Å². The number of carbonyl (C=O) groups is 1. The zero-order chi connectivity index (χ0) is 13.4. The fourth-order valence-corrected chi connectivity index (χ4v) is 3.11. The number of ether oxygens (including phenoxy) is 1. The molecule has 0 bridgehead atoms. The lowest BCUT2D eigenvalue weighted by Crippen LogP contribution is -1.98. The normalized spacial score (nSPS) is 14.9. The van der Waals surface area contributed by atoms with Crippen LogP contribution in [0.15, 0.2) is 36.4 Å². The molecule has 0 saturated heterocycles. The van der Waals surface area contributed by atoms with Crippen LogP contribution in [0.1, 0.15) is 10.4 Å². The van der Waals surface area contributed by atoms with Gasteiger partial charge in [0.05, 0.1) is 9.91 Å². The molecule has 0 fully saturated rings. The van der Waals surface area contributed by atoms with Gasteiger partial charge in [-0.3, -0.25) is 0 Å². The Morgan fingerprint density at radius 2 is 2.11 bits per heavy atom. The molecule has 1 aromatic carbocycles. The second-order valence-corrected chi connectivity index (χ2v) is 5.80. The van der Waals surface area contributed by atoms with Crippen LogP contribution in [0.3, 0.4) is 0 Å². The fourth-order valence-electron chi connectivity index (χ4n) is 2.03. The number of rotatable bonds is 2. The van der Waals surface area contributed by atoms with Gasteiger partial charge in [-0.25, -0.2) is 4.79 Å². The highest BCUT2D eigenvalue weighted by atomic mass is 35.5. The van der Waals surface area contributed by atoms with Gasteiger partial charge in [0.1, 0.15) is 12.4 Å². The number of carbonyl (C=O) groups excluding carboxylic acids is 1. The van der Waals surface area contributed by atoms with Crippen LogP contribution in [0.2, 0.25) is 4.34 Å². The molecule has 1 aromatic heterocycles. The topological polar surface area (TPSA) is 46.5 Å². The first-order chi connectivity index (χ1) is 9.15. The Hall–Kier alpha value is -1.78. The van der Waals surface area contributed by atoms with Crippen LogP contribution >= 0.6 is 22.9 Å². The summed E-state index contributed by atoms with van der Waals surface area (Å²) in [5, 5.41) is 9.53. The minimum absolute atomic E-state index is 0.119.